The Morgan fingerprint density at radius 3 is 1.89 bits per heavy atom. The molecule has 0 aliphatic rings. The molecule has 0 aliphatic carbocycles. The molecule has 2 rings (SSSR count). The predicted octanol–water partition coefficient (Wildman–Crippen LogP) is 2.65. The van der Waals surface area contributed by atoms with Crippen LogP contribution in [0, 0.1) is 5.38 Å². The summed E-state index contributed by atoms with van der Waals surface area (Å²) in [7, 11) is -1.44. The van der Waals surface area contributed by atoms with Crippen LogP contribution in [0.15, 0.2) is 12.1 Å². The van der Waals surface area contributed by atoms with Crippen molar-refractivity contribution in [2.24, 2.45) is 0 Å². The van der Waals surface area contributed by atoms with E-state index in [1.807, 2.05) is 11.3 Å². The van der Waals surface area contributed by atoms with Gasteiger partial charge in [0.1, 0.15) is 8.07 Å². The smallest absolute Gasteiger partial charge is 0.295 e. The molecule has 0 amide bonds. The second-order valence-corrected chi connectivity index (χ2v) is 14.3. The molecule has 19 heavy (non-hydrogen) atoms. The normalized spacial score (nSPS) is 12.7. The van der Waals surface area contributed by atoms with E-state index in [1.165, 1.54) is 9.40 Å². The van der Waals surface area contributed by atoms with Crippen molar-refractivity contribution in [3.63, 3.8) is 0 Å². The zero-order valence-electron chi connectivity index (χ0n) is 13.2. The van der Waals surface area contributed by atoms with Crippen molar-refractivity contribution < 1.29 is 18.9 Å². The third kappa shape index (κ3) is 2.78. The van der Waals surface area contributed by atoms with Gasteiger partial charge in [-0.25, -0.2) is 11.3 Å². The molecule has 0 atom stereocenters. The summed E-state index contributed by atoms with van der Waals surface area (Å²) in [6.07, 6.45) is 0. The van der Waals surface area contributed by atoms with Crippen LogP contribution in [0.4, 0.5) is 0 Å². The van der Waals surface area contributed by atoms with E-state index in [0.717, 1.165) is 16.6 Å². The zero-order valence-corrected chi connectivity index (χ0v) is 15.8. The molecule has 0 bridgehead atoms. The Morgan fingerprint density at radius 2 is 1.47 bits per heavy atom. The van der Waals surface area contributed by atoms with Crippen LogP contribution in [0.25, 0.3) is 9.40 Å². The Bertz CT molecular complexity index is 475. The maximum Gasteiger partial charge on any atom is 1.00 e. The molecule has 0 saturated heterocycles. The Labute approximate surface area is 138 Å². The number of hydrogen-bond donors (Lipinski definition) is 0. The molecule has 0 N–H and O–H groups in total. The van der Waals surface area contributed by atoms with E-state index in [2.05, 4.69) is 59.1 Å². The maximum absolute atomic E-state index is 3.25. The second kappa shape index (κ2) is 6.49. The summed E-state index contributed by atoms with van der Waals surface area (Å²) in [6, 6.07) is 4.64. The van der Waals surface area contributed by atoms with Gasteiger partial charge in [0.25, 0.3) is 0 Å². The van der Waals surface area contributed by atoms with E-state index >= 15 is 0 Å². The SMILES string of the molecule is CC(C)[Si](c1cc2s[c-]cc2s1)(C(C)C)C(C)C.[Li+]. The molecule has 0 nitrogen and oxygen atoms in total. The topological polar surface area (TPSA) is 0 Å². The van der Waals surface area contributed by atoms with Crippen molar-refractivity contribution in [3.8, 4) is 0 Å². The van der Waals surface area contributed by atoms with Crippen LogP contribution in [0.1, 0.15) is 41.5 Å². The minimum atomic E-state index is -1.44. The van der Waals surface area contributed by atoms with Gasteiger partial charge in [0.2, 0.25) is 0 Å². The van der Waals surface area contributed by atoms with E-state index in [1.54, 1.807) is 15.8 Å². The van der Waals surface area contributed by atoms with Gasteiger partial charge in [0.15, 0.2) is 0 Å². The molecule has 4 heteroatoms. The first-order valence-electron chi connectivity index (χ1n) is 6.80. The first-order chi connectivity index (χ1) is 8.40. The fraction of sp³-hybridized carbons (Fsp3) is 0.600. The van der Waals surface area contributed by atoms with Crippen molar-refractivity contribution in [2.45, 2.75) is 58.2 Å². The van der Waals surface area contributed by atoms with Gasteiger partial charge in [-0.1, -0.05) is 41.5 Å². The second-order valence-electron chi connectivity index (χ2n) is 6.10. The van der Waals surface area contributed by atoms with E-state index in [-0.39, 0.29) is 18.9 Å². The average molecular weight is 303 g/mol. The first kappa shape index (κ1) is 17.5. The van der Waals surface area contributed by atoms with Crippen molar-refractivity contribution in [3.05, 3.63) is 17.5 Å². The molecule has 0 fully saturated rings. The quantitative estimate of drug-likeness (QED) is 0.602. The van der Waals surface area contributed by atoms with E-state index < -0.39 is 8.07 Å². The van der Waals surface area contributed by atoms with Gasteiger partial charge in [0, 0.05) is 0 Å². The molecular formula is C15H23LiS2Si. The third-order valence-electron chi connectivity index (χ3n) is 4.38. The summed E-state index contributed by atoms with van der Waals surface area (Å²) < 4.78 is 4.58. The fourth-order valence-electron chi connectivity index (χ4n) is 3.78. The molecule has 2 aromatic rings. The van der Waals surface area contributed by atoms with Crippen molar-refractivity contribution >= 4 is 44.6 Å². The minimum Gasteiger partial charge on any atom is -0.295 e. The summed E-state index contributed by atoms with van der Waals surface area (Å²) >= 11 is 3.80. The number of thiophene rings is 2. The van der Waals surface area contributed by atoms with Gasteiger partial charge in [-0.3, -0.25) is 11.3 Å². The largest absolute Gasteiger partial charge is 1.00 e. The van der Waals surface area contributed by atoms with Gasteiger partial charge in [0.05, 0.1) is 0 Å². The summed E-state index contributed by atoms with van der Waals surface area (Å²) in [5.41, 5.74) is 2.40. The van der Waals surface area contributed by atoms with Crippen LogP contribution in [-0.2, 0) is 0 Å². The van der Waals surface area contributed by atoms with Crippen molar-refractivity contribution in [2.75, 3.05) is 0 Å². The van der Waals surface area contributed by atoms with Gasteiger partial charge in [-0.15, -0.1) is 20.8 Å². The molecule has 0 radical (unpaired) electrons. The van der Waals surface area contributed by atoms with Crippen molar-refractivity contribution in [1.82, 2.24) is 0 Å². The van der Waals surface area contributed by atoms with Gasteiger partial charge < -0.3 is 0 Å². The Morgan fingerprint density at radius 1 is 0.947 bits per heavy atom. The number of fused-ring (bicyclic) bond motifs is 1. The zero-order chi connectivity index (χ0) is 13.5. The monoisotopic (exact) mass is 302 g/mol. The van der Waals surface area contributed by atoms with E-state index in [9.17, 15) is 0 Å². The molecule has 100 valence electrons. The fourth-order valence-corrected chi connectivity index (χ4v) is 14.9. The minimum absolute atomic E-state index is 0. The van der Waals surface area contributed by atoms with E-state index in [4.69, 9.17) is 0 Å². The van der Waals surface area contributed by atoms with Crippen LogP contribution < -0.4 is 23.4 Å². The van der Waals surface area contributed by atoms with Crippen molar-refractivity contribution in [1.29, 1.82) is 0 Å². The van der Waals surface area contributed by atoms with Crippen LogP contribution in [0.5, 0.6) is 0 Å². The van der Waals surface area contributed by atoms with Gasteiger partial charge >= 0.3 is 18.9 Å². The molecule has 0 aliphatic heterocycles. The summed E-state index contributed by atoms with van der Waals surface area (Å²) in [5, 5.41) is 3.25. The summed E-state index contributed by atoms with van der Waals surface area (Å²) in [6.45, 7) is 14.6. The van der Waals surface area contributed by atoms with Crippen LogP contribution in [0.3, 0.4) is 0 Å². The third-order valence-corrected chi connectivity index (χ3v) is 14.3. The standard InChI is InChI=1S/C15H23S2Si.Li/c1-10(2)18(11(3)4,12(5)6)15-9-14-13(17-15)7-8-16-14;/h7,9-12H,1-6H3;/q-1;+1. The number of hydrogen-bond acceptors (Lipinski definition) is 2. The number of rotatable bonds is 4. The molecule has 0 unspecified atom stereocenters. The molecule has 2 aromatic heterocycles. The molecule has 0 saturated carbocycles. The molecule has 2 heterocycles. The maximum atomic E-state index is 3.25. The Hall–Kier alpha value is 0.474. The summed E-state index contributed by atoms with van der Waals surface area (Å²) in [4.78, 5) is 0. The van der Waals surface area contributed by atoms with Crippen LogP contribution in [-0.4, -0.2) is 8.07 Å². The predicted molar refractivity (Wildman–Crippen MR) is 89.2 cm³/mol. The Kier molecular flexibility index (Phi) is 5.99. The molecule has 0 spiro atoms. The average Bonchev–Trinajstić information content (AvgIpc) is 2.76. The van der Waals surface area contributed by atoms with Crippen LogP contribution in [0.2, 0.25) is 16.6 Å². The van der Waals surface area contributed by atoms with E-state index in [0.29, 0.717) is 0 Å². The van der Waals surface area contributed by atoms with Gasteiger partial charge in [-0.2, -0.15) is 6.07 Å². The first-order valence-corrected chi connectivity index (χ1v) is 10.7. The summed E-state index contributed by atoms with van der Waals surface area (Å²) in [5.74, 6) is 0. The van der Waals surface area contributed by atoms with Crippen LogP contribution >= 0.6 is 22.7 Å². The Balaban J connectivity index is 0.00000180. The molecule has 0 aromatic carbocycles. The van der Waals surface area contributed by atoms with Gasteiger partial charge in [-0.05, 0) is 21.1 Å². The molecular weight excluding hydrogens is 279 g/mol.